The van der Waals surface area contributed by atoms with Gasteiger partial charge in [-0.25, -0.2) is 0 Å². The van der Waals surface area contributed by atoms with Crippen molar-refractivity contribution < 1.29 is 9.53 Å². The summed E-state index contributed by atoms with van der Waals surface area (Å²) in [5.74, 6) is -0.108. The third-order valence-corrected chi connectivity index (χ3v) is 2.84. The van der Waals surface area contributed by atoms with Crippen LogP contribution in [0.3, 0.4) is 0 Å². The largest absolute Gasteiger partial charge is 0.469 e. The third kappa shape index (κ3) is 2.96. The molecule has 4 nitrogen and oxygen atoms in total. The first-order valence-corrected chi connectivity index (χ1v) is 5.16. The predicted octanol–water partition coefficient (Wildman–Crippen LogP) is 0.185. The molecule has 1 heterocycles. The number of carbonyl (C=O) groups is 1. The van der Waals surface area contributed by atoms with Crippen molar-refractivity contribution in [3.63, 3.8) is 0 Å². The summed E-state index contributed by atoms with van der Waals surface area (Å²) < 4.78 is 4.70. The third-order valence-electron chi connectivity index (χ3n) is 2.84. The van der Waals surface area contributed by atoms with Crippen LogP contribution < -0.4 is 0 Å². The van der Waals surface area contributed by atoms with Gasteiger partial charge in [-0.3, -0.25) is 9.69 Å². The summed E-state index contributed by atoms with van der Waals surface area (Å²) in [6.07, 6.45) is 0.509. The highest BCUT2D eigenvalue weighted by Crippen LogP contribution is 2.11. The molecule has 1 fully saturated rings. The second-order valence-electron chi connectivity index (χ2n) is 3.82. The first-order valence-electron chi connectivity index (χ1n) is 5.16. The maximum absolute atomic E-state index is 11.2. The lowest BCUT2D eigenvalue weighted by atomic mass is 10.1. The molecule has 0 bridgehead atoms. The van der Waals surface area contributed by atoms with E-state index in [0.29, 0.717) is 12.5 Å². The Kier molecular flexibility index (Phi) is 4.35. The molecule has 1 aliphatic rings. The summed E-state index contributed by atoms with van der Waals surface area (Å²) in [5, 5.41) is 0. The molecule has 82 valence electrons. The van der Waals surface area contributed by atoms with Gasteiger partial charge < -0.3 is 9.64 Å². The van der Waals surface area contributed by atoms with Crippen molar-refractivity contribution in [3.05, 3.63) is 0 Å². The first-order chi connectivity index (χ1) is 6.67. The lowest BCUT2D eigenvalue weighted by Gasteiger charge is -2.38. The van der Waals surface area contributed by atoms with Crippen LogP contribution in [0.1, 0.15) is 13.3 Å². The maximum atomic E-state index is 11.2. The Balaban J connectivity index is 2.48. The molecule has 14 heavy (non-hydrogen) atoms. The molecule has 0 N–H and O–H groups in total. The highest BCUT2D eigenvalue weighted by atomic mass is 16.5. The summed E-state index contributed by atoms with van der Waals surface area (Å²) in [6.45, 7) is 6.24. The molecule has 0 saturated carbocycles. The van der Waals surface area contributed by atoms with E-state index >= 15 is 0 Å². The van der Waals surface area contributed by atoms with Crippen molar-refractivity contribution in [2.75, 3.05) is 40.3 Å². The van der Waals surface area contributed by atoms with Crippen LogP contribution in [-0.4, -0.2) is 62.1 Å². The lowest BCUT2D eigenvalue weighted by Crippen LogP contribution is -2.52. The van der Waals surface area contributed by atoms with Crippen LogP contribution in [0.4, 0.5) is 0 Å². The summed E-state index contributed by atoms with van der Waals surface area (Å²) >= 11 is 0. The van der Waals surface area contributed by atoms with Gasteiger partial charge in [0.05, 0.1) is 13.5 Å². The Morgan fingerprint density at radius 1 is 1.50 bits per heavy atom. The summed E-state index contributed by atoms with van der Waals surface area (Å²) in [6, 6.07) is 0.325. The van der Waals surface area contributed by atoms with Crippen LogP contribution in [-0.2, 0) is 9.53 Å². The van der Waals surface area contributed by atoms with E-state index in [2.05, 4.69) is 23.8 Å². The standard InChI is InChI=1S/C10H20N2O2/c1-4-12-6-5-11(2)8-9(12)7-10(13)14-3/h9H,4-8H2,1-3H3. The fraction of sp³-hybridized carbons (Fsp3) is 0.900. The smallest absolute Gasteiger partial charge is 0.307 e. The van der Waals surface area contributed by atoms with Crippen molar-refractivity contribution in [1.82, 2.24) is 9.80 Å². The monoisotopic (exact) mass is 200 g/mol. The fourth-order valence-corrected chi connectivity index (χ4v) is 1.93. The van der Waals surface area contributed by atoms with Crippen molar-refractivity contribution in [2.45, 2.75) is 19.4 Å². The highest BCUT2D eigenvalue weighted by Gasteiger charge is 2.26. The molecule has 0 amide bonds. The van der Waals surface area contributed by atoms with Gasteiger partial charge in [0.25, 0.3) is 0 Å². The lowest BCUT2D eigenvalue weighted by molar-refractivity contribution is -0.142. The number of methoxy groups -OCH3 is 1. The van der Waals surface area contributed by atoms with Crippen LogP contribution >= 0.6 is 0 Å². The molecular formula is C10H20N2O2. The minimum absolute atomic E-state index is 0.108. The van der Waals surface area contributed by atoms with Gasteiger partial charge in [-0.1, -0.05) is 6.92 Å². The summed E-state index contributed by atoms with van der Waals surface area (Å²) in [5.41, 5.74) is 0. The second-order valence-corrected chi connectivity index (χ2v) is 3.82. The molecule has 0 radical (unpaired) electrons. The molecule has 0 aromatic rings. The van der Waals surface area contributed by atoms with Gasteiger partial charge in [0.15, 0.2) is 0 Å². The van der Waals surface area contributed by atoms with Gasteiger partial charge in [0.2, 0.25) is 0 Å². The van der Waals surface area contributed by atoms with Gasteiger partial charge >= 0.3 is 5.97 Å². The number of esters is 1. The number of rotatable bonds is 3. The number of carbonyl (C=O) groups excluding carboxylic acids is 1. The van der Waals surface area contributed by atoms with Crippen LogP contribution in [0.2, 0.25) is 0 Å². The van der Waals surface area contributed by atoms with Crippen molar-refractivity contribution in [3.8, 4) is 0 Å². The number of piperazine rings is 1. The molecule has 0 aliphatic carbocycles. The molecule has 0 spiro atoms. The minimum atomic E-state index is -0.108. The van der Waals surface area contributed by atoms with Crippen LogP contribution in [0, 0.1) is 0 Å². The molecule has 1 atom stereocenters. The average Bonchev–Trinajstić information content (AvgIpc) is 2.18. The SMILES string of the molecule is CCN1CCN(C)CC1CC(=O)OC. The van der Waals surface area contributed by atoms with Gasteiger partial charge in [-0.15, -0.1) is 0 Å². The molecule has 0 aromatic carbocycles. The van der Waals surface area contributed by atoms with E-state index in [4.69, 9.17) is 4.74 Å². The minimum Gasteiger partial charge on any atom is -0.469 e. The number of hydrogen-bond acceptors (Lipinski definition) is 4. The van der Waals surface area contributed by atoms with Gasteiger partial charge in [0, 0.05) is 25.7 Å². The molecule has 1 rings (SSSR count). The first kappa shape index (κ1) is 11.5. The maximum Gasteiger partial charge on any atom is 0.307 e. The summed E-state index contributed by atoms with van der Waals surface area (Å²) in [7, 11) is 3.54. The van der Waals surface area contributed by atoms with Gasteiger partial charge in [0.1, 0.15) is 0 Å². The van der Waals surface area contributed by atoms with Crippen molar-refractivity contribution in [2.24, 2.45) is 0 Å². The van der Waals surface area contributed by atoms with E-state index in [9.17, 15) is 4.79 Å². The van der Waals surface area contributed by atoms with E-state index in [1.54, 1.807) is 0 Å². The number of likely N-dealkylation sites (N-methyl/N-ethyl adjacent to an activating group) is 2. The van der Waals surface area contributed by atoms with E-state index < -0.39 is 0 Å². The Morgan fingerprint density at radius 3 is 2.79 bits per heavy atom. The fourth-order valence-electron chi connectivity index (χ4n) is 1.93. The van der Waals surface area contributed by atoms with E-state index in [-0.39, 0.29) is 5.97 Å². The quantitative estimate of drug-likeness (QED) is 0.609. The van der Waals surface area contributed by atoms with Crippen molar-refractivity contribution in [1.29, 1.82) is 0 Å². The van der Waals surface area contributed by atoms with E-state index in [1.807, 2.05) is 0 Å². The molecule has 0 aromatic heterocycles. The Labute approximate surface area is 85.8 Å². The summed E-state index contributed by atoms with van der Waals surface area (Å²) in [4.78, 5) is 15.8. The molecule has 1 unspecified atom stereocenters. The van der Waals surface area contributed by atoms with Crippen LogP contribution in [0.25, 0.3) is 0 Å². The molecule has 4 heteroatoms. The zero-order valence-electron chi connectivity index (χ0n) is 9.32. The Morgan fingerprint density at radius 2 is 2.21 bits per heavy atom. The number of nitrogens with zero attached hydrogens (tertiary/aromatic N) is 2. The number of ether oxygens (including phenoxy) is 1. The van der Waals surface area contributed by atoms with E-state index in [1.165, 1.54) is 7.11 Å². The second kappa shape index (κ2) is 5.32. The highest BCUT2D eigenvalue weighted by molar-refractivity contribution is 5.69. The molecule has 1 saturated heterocycles. The number of hydrogen-bond donors (Lipinski definition) is 0. The zero-order valence-corrected chi connectivity index (χ0v) is 9.32. The van der Waals surface area contributed by atoms with E-state index in [0.717, 1.165) is 26.2 Å². The Bertz CT molecular complexity index is 197. The average molecular weight is 200 g/mol. The predicted molar refractivity (Wildman–Crippen MR) is 55.2 cm³/mol. The van der Waals surface area contributed by atoms with Gasteiger partial charge in [-0.05, 0) is 13.6 Å². The van der Waals surface area contributed by atoms with Crippen LogP contribution in [0.15, 0.2) is 0 Å². The van der Waals surface area contributed by atoms with Gasteiger partial charge in [-0.2, -0.15) is 0 Å². The van der Waals surface area contributed by atoms with Crippen molar-refractivity contribution >= 4 is 5.97 Å². The topological polar surface area (TPSA) is 32.8 Å². The Hall–Kier alpha value is -0.610. The zero-order chi connectivity index (χ0) is 10.6. The molecular weight excluding hydrogens is 180 g/mol. The normalized spacial score (nSPS) is 24.9. The molecule has 1 aliphatic heterocycles. The van der Waals surface area contributed by atoms with Crippen LogP contribution in [0.5, 0.6) is 0 Å².